The van der Waals surface area contributed by atoms with E-state index in [-0.39, 0.29) is 35.3 Å². The first-order chi connectivity index (χ1) is 15.1. The molecule has 2 atom stereocenters. The first-order valence-corrected chi connectivity index (χ1v) is 11.9. The lowest BCUT2D eigenvalue weighted by Gasteiger charge is -2.39. The van der Waals surface area contributed by atoms with Gasteiger partial charge in [0.05, 0.1) is 0 Å². The molecular weight excluding hydrogens is 398 g/mol. The second-order valence-electron chi connectivity index (χ2n) is 11.2. The molecule has 168 valence electrons. The summed E-state index contributed by atoms with van der Waals surface area (Å²) in [5, 5.41) is 0. The van der Waals surface area contributed by atoms with Crippen molar-refractivity contribution in [2.45, 2.75) is 83.4 Å². The second-order valence-corrected chi connectivity index (χ2v) is 11.2. The monoisotopic (exact) mass is 431 g/mol. The van der Waals surface area contributed by atoms with E-state index < -0.39 is 5.60 Å². The van der Waals surface area contributed by atoms with Gasteiger partial charge in [-0.05, 0) is 74.8 Å². The van der Waals surface area contributed by atoms with Crippen LogP contribution in [0.15, 0.2) is 42.5 Å². The summed E-state index contributed by atoms with van der Waals surface area (Å²) in [5.41, 5.74) is 5.26. The van der Waals surface area contributed by atoms with Gasteiger partial charge in [-0.25, -0.2) is 4.79 Å². The molecule has 4 nitrogen and oxygen atoms in total. The van der Waals surface area contributed by atoms with Gasteiger partial charge >= 0.3 is 6.09 Å². The van der Waals surface area contributed by atoms with Gasteiger partial charge in [0.15, 0.2) is 5.78 Å². The summed E-state index contributed by atoms with van der Waals surface area (Å²) in [6, 6.07) is 15.0. The number of Topliss-reactive ketones (excluding diaryl/α,β-unsaturated/α-hetero) is 1. The first kappa shape index (κ1) is 21.2. The Labute approximate surface area is 191 Å². The van der Waals surface area contributed by atoms with E-state index in [2.05, 4.69) is 50.2 Å². The van der Waals surface area contributed by atoms with Crippen LogP contribution in [0.4, 0.5) is 4.79 Å². The van der Waals surface area contributed by atoms with Crippen LogP contribution in [0.25, 0.3) is 11.1 Å². The number of nitrogens with zero attached hydrogens (tertiary/aromatic N) is 1. The molecule has 4 heteroatoms. The Bertz CT molecular complexity index is 1080. The van der Waals surface area contributed by atoms with Crippen molar-refractivity contribution in [1.29, 1.82) is 0 Å². The van der Waals surface area contributed by atoms with E-state index in [4.69, 9.17) is 4.74 Å². The number of amides is 1. The quantitative estimate of drug-likeness (QED) is 0.520. The molecule has 0 N–H and O–H groups in total. The number of carbonyl (C=O) groups excluding carboxylic acids is 2. The molecule has 2 fully saturated rings. The smallest absolute Gasteiger partial charge is 0.410 e. The summed E-state index contributed by atoms with van der Waals surface area (Å²) < 4.78 is 5.64. The first-order valence-electron chi connectivity index (χ1n) is 11.9. The SMILES string of the molecule is CC(C)(C)OC(=O)N1C2CCC1CC(C(=O)c1ccc3c(c1)C(C)(C)c1ccccc1-3)C2. The molecule has 1 aliphatic carbocycles. The molecular formula is C28H33NO3. The molecule has 2 bridgehead atoms. The van der Waals surface area contributed by atoms with E-state index >= 15 is 0 Å². The Kier molecular flexibility index (Phi) is 4.77. The van der Waals surface area contributed by atoms with E-state index in [0.29, 0.717) is 0 Å². The molecule has 0 saturated carbocycles. The van der Waals surface area contributed by atoms with Crippen LogP contribution >= 0.6 is 0 Å². The number of rotatable bonds is 2. The lowest BCUT2D eigenvalue weighted by atomic mass is 9.80. The molecule has 1 amide bonds. The van der Waals surface area contributed by atoms with Gasteiger partial charge in [-0.1, -0.05) is 50.2 Å². The Morgan fingerprint density at radius 2 is 1.56 bits per heavy atom. The van der Waals surface area contributed by atoms with Crippen molar-refractivity contribution >= 4 is 11.9 Å². The Hall–Kier alpha value is -2.62. The van der Waals surface area contributed by atoms with Crippen molar-refractivity contribution in [1.82, 2.24) is 4.90 Å². The number of hydrogen-bond acceptors (Lipinski definition) is 3. The van der Waals surface area contributed by atoms with Crippen LogP contribution in [0.5, 0.6) is 0 Å². The molecule has 2 heterocycles. The van der Waals surface area contributed by atoms with Crippen molar-refractivity contribution in [3.8, 4) is 11.1 Å². The van der Waals surface area contributed by atoms with Crippen molar-refractivity contribution in [2.24, 2.45) is 5.92 Å². The maximum absolute atomic E-state index is 13.6. The molecule has 0 radical (unpaired) electrons. The van der Waals surface area contributed by atoms with Crippen LogP contribution in [0.2, 0.25) is 0 Å². The van der Waals surface area contributed by atoms with Crippen molar-refractivity contribution in [3.63, 3.8) is 0 Å². The van der Waals surface area contributed by atoms with Crippen molar-refractivity contribution in [2.75, 3.05) is 0 Å². The second kappa shape index (κ2) is 7.19. The average molecular weight is 432 g/mol. The van der Waals surface area contributed by atoms with E-state index in [1.807, 2.05) is 31.7 Å². The summed E-state index contributed by atoms with van der Waals surface area (Å²) in [7, 11) is 0. The Morgan fingerprint density at radius 3 is 2.22 bits per heavy atom. The van der Waals surface area contributed by atoms with Gasteiger partial charge in [0.2, 0.25) is 0 Å². The van der Waals surface area contributed by atoms with E-state index in [1.54, 1.807) is 0 Å². The minimum atomic E-state index is -0.502. The molecule has 5 rings (SSSR count). The molecule has 2 unspecified atom stereocenters. The largest absolute Gasteiger partial charge is 0.444 e. The van der Waals surface area contributed by atoms with Crippen LogP contribution in [-0.4, -0.2) is 34.5 Å². The maximum atomic E-state index is 13.6. The Balaban J connectivity index is 1.37. The third kappa shape index (κ3) is 3.35. The number of piperidine rings is 1. The van der Waals surface area contributed by atoms with Crippen LogP contribution in [0.3, 0.4) is 0 Å². The molecule has 3 aliphatic rings. The summed E-state index contributed by atoms with van der Waals surface area (Å²) >= 11 is 0. The summed E-state index contributed by atoms with van der Waals surface area (Å²) in [6.45, 7) is 10.2. The number of benzene rings is 2. The highest BCUT2D eigenvalue weighted by molar-refractivity contribution is 5.99. The number of ether oxygens (including phenoxy) is 1. The summed E-state index contributed by atoms with van der Waals surface area (Å²) in [4.78, 5) is 28.2. The van der Waals surface area contributed by atoms with Gasteiger partial charge in [-0.3, -0.25) is 4.79 Å². The zero-order valence-electron chi connectivity index (χ0n) is 19.8. The van der Waals surface area contributed by atoms with Crippen LogP contribution in [-0.2, 0) is 10.2 Å². The Morgan fingerprint density at radius 1 is 0.938 bits per heavy atom. The van der Waals surface area contributed by atoms with Gasteiger partial charge in [0.25, 0.3) is 0 Å². The minimum Gasteiger partial charge on any atom is -0.444 e. The van der Waals surface area contributed by atoms with Gasteiger partial charge in [-0.2, -0.15) is 0 Å². The predicted octanol–water partition coefficient (Wildman–Crippen LogP) is 6.35. The summed E-state index contributed by atoms with van der Waals surface area (Å²) in [5.74, 6) is 0.191. The van der Waals surface area contributed by atoms with E-state index in [1.165, 1.54) is 22.3 Å². The molecule has 0 aromatic heterocycles. The summed E-state index contributed by atoms with van der Waals surface area (Å²) in [6.07, 6.45) is 3.15. The maximum Gasteiger partial charge on any atom is 0.410 e. The number of ketones is 1. The molecule has 2 aliphatic heterocycles. The molecule has 2 saturated heterocycles. The zero-order valence-corrected chi connectivity index (χ0v) is 19.8. The molecule has 0 spiro atoms. The van der Waals surface area contributed by atoms with Crippen LogP contribution < -0.4 is 0 Å². The fourth-order valence-electron chi connectivity index (χ4n) is 6.10. The normalized spacial score (nSPS) is 25.3. The highest BCUT2D eigenvalue weighted by Gasteiger charge is 2.47. The van der Waals surface area contributed by atoms with Crippen LogP contribution in [0, 0.1) is 5.92 Å². The van der Waals surface area contributed by atoms with Crippen molar-refractivity contribution < 1.29 is 14.3 Å². The fraction of sp³-hybridized carbons (Fsp3) is 0.500. The van der Waals surface area contributed by atoms with E-state index in [0.717, 1.165) is 31.2 Å². The lowest BCUT2D eigenvalue weighted by Crippen LogP contribution is -2.49. The molecule has 32 heavy (non-hydrogen) atoms. The zero-order chi connectivity index (χ0) is 22.8. The number of fused-ring (bicyclic) bond motifs is 5. The van der Waals surface area contributed by atoms with Crippen LogP contribution in [0.1, 0.15) is 81.8 Å². The molecule has 2 aromatic carbocycles. The fourth-order valence-corrected chi connectivity index (χ4v) is 6.10. The van der Waals surface area contributed by atoms with E-state index in [9.17, 15) is 9.59 Å². The average Bonchev–Trinajstić information content (AvgIpc) is 3.13. The highest BCUT2D eigenvalue weighted by Crippen LogP contribution is 2.49. The van der Waals surface area contributed by atoms with Crippen molar-refractivity contribution in [3.05, 3.63) is 59.2 Å². The molecule has 2 aromatic rings. The minimum absolute atomic E-state index is 0.0314. The number of hydrogen-bond donors (Lipinski definition) is 0. The standard InChI is InChI=1S/C28H33NO3/c1-27(2,3)32-26(31)29-19-11-12-20(29)15-18(14-19)25(30)17-10-13-22-21-8-6-7-9-23(21)28(4,5)24(22)16-17/h6-10,13,16,18-20H,11-12,14-15H2,1-5H3. The van der Waals surface area contributed by atoms with Gasteiger partial charge in [-0.15, -0.1) is 0 Å². The lowest BCUT2D eigenvalue weighted by molar-refractivity contribution is 0.00254. The van der Waals surface area contributed by atoms with Gasteiger partial charge < -0.3 is 9.64 Å². The van der Waals surface area contributed by atoms with Gasteiger partial charge in [0.1, 0.15) is 5.60 Å². The highest BCUT2D eigenvalue weighted by atomic mass is 16.6. The third-order valence-electron chi connectivity index (χ3n) is 7.58. The number of carbonyl (C=O) groups is 2. The predicted molar refractivity (Wildman–Crippen MR) is 126 cm³/mol. The van der Waals surface area contributed by atoms with Gasteiger partial charge in [0, 0.05) is 29.0 Å². The third-order valence-corrected chi connectivity index (χ3v) is 7.58. The topological polar surface area (TPSA) is 46.6 Å².